The summed E-state index contributed by atoms with van der Waals surface area (Å²) in [5.74, 6) is 0. The van der Waals surface area contributed by atoms with Crippen molar-refractivity contribution in [2.75, 3.05) is 5.32 Å². The maximum atomic E-state index is 4.57. The van der Waals surface area contributed by atoms with Crippen molar-refractivity contribution in [3.63, 3.8) is 0 Å². The Kier molecular flexibility index (Phi) is 5.53. The minimum atomic E-state index is 0.000537. The van der Waals surface area contributed by atoms with E-state index in [2.05, 4.69) is 109 Å². The van der Waals surface area contributed by atoms with Crippen LogP contribution in [0.1, 0.15) is 36.1 Å². The molecule has 0 aliphatic carbocycles. The molecule has 0 radical (unpaired) electrons. The van der Waals surface area contributed by atoms with E-state index in [-0.39, 0.29) is 6.04 Å². The second kappa shape index (κ2) is 8.40. The lowest BCUT2D eigenvalue weighted by atomic mass is 9.93. The molecule has 0 fully saturated rings. The smallest absolute Gasteiger partial charge is 0.0768 e. The summed E-state index contributed by atoms with van der Waals surface area (Å²) in [6.45, 7) is 9.95. The number of aromatic nitrogens is 1. The van der Waals surface area contributed by atoms with Crippen molar-refractivity contribution >= 4 is 22.2 Å². The number of anilines is 1. The molecule has 146 valence electrons. The highest BCUT2D eigenvalue weighted by molar-refractivity contribution is 5.94. The summed E-state index contributed by atoms with van der Waals surface area (Å²) >= 11 is 0. The number of hydrogen-bond donors (Lipinski definition) is 1. The van der Waals surface area contributed by atoms with Crippen LogP contribution in [-0.2, 0) is 6.54 Å². The van der Waals surface area contributed by atoms with Gasteiger partial charge in [-0.15, -0.1) is 0 Å². The second-order valence-electron chi connectivity index (χ2n) is 7.64. The first-order chi connectivity index (χ1) is 14.2. The van der Waals surface area contributed by atoms with E-state index < -0.39 is 0 Å². The van der Waals surface area contributed by atoms with Crippen LogP contribution in [0.5, 0.6) is 0 Å². The van der Waals surface area contributed by atoms with Gasteiger partial charge in [0.05, 0.1) is 6.04 Å². The van der Waals surface area contributed by atoms with Crippen LogP contribution in [0.2, 0.25) is 0 Å². The summed E-state index contributed by atoms with van der Waals surface area (Å²) in [5, 5.41) is 4.97. The molecule has 0 spiro atoms. The van der Waals surface area contributed by atoms with Gasteiger partial charge in [-0.05, 0) is 48.2 Å². The highest BCUT2D eigenvalue weighted by Crippen LogP contribution is 2.36. The second-order valence-corrected chi connectivity index (χ2v) is 7.64. The molecule has 4 rings (SSSR count). The van der Waals surface area contributed by atoms with Gasteiger partial charge in [0.25, 0.3) is 0 Å². The van der Waals surface area contributed by atoms with Gasteiger partial charge >= 0.3 is 0 Å². The minimum absolute atomic E-state index is 0.000537. The number of hydrogen-bond acceptors (Lipinski definition) is 1. The van der Waals surface area contributed by atoms with E-state index in [1.54, 1.807) is 0 Å². The average molecular weight is 381 g/mol. The number of nitrogens with zero attached hydrogens (tertiary/aromatic N) is 1. The Morgan fingerprint density at radius 1 is 0.966 bits per heavy atom. The first-order valence-corrected chi connectivity index (χ1v) is 10.3. The van der Waals surface area contributed by atoms with Gasteiger partial charge in [0.2, 0.25) is 0 Å². The summed E-state index contributed by atoms with van der Waals surface area (Å²) in [4.78, 5) is 0. The van der Waals surface area contributed by atoms with Gasteiger partial charge in [-0.3, -0.25) is 0 Å². The van der Waals surface area contributed by atoms with Gasteiger partial charge < -0.3 is 9.88 Å². The average Bonchev–Trinajstić information content (AvgIpc) is 3.11. The lowest BCUT2D eigenvalue weighted by Gasteiger charge is -2.23. The molecule has 0 aliphatic rings. The van der Waals surface area contributed by atoms with Crippen molar-refractivity contribution < 1.29 is 0 Å². The molecule has 0 bridgehead atoms. The van der Waals surface area contributed by atoms with Crippen LogP contribution >= 0.6 is 0 Å². The molecule has 0 amide bonds. The Morgan fingerprint density at radius 2 is 1.66 bits per heavy atom. The zero-order chi connectivity index (χ0) is 20.2. The summed E-state index contributed by atoms with van der Waals surface area (Å²) in [6.07, 6.45) is 3.38. The van der Waals surface area contributed by atoms with E-state index in [0.717, 1.165) is 24.2 Å². The summed E-state index contributed by atoms with van der Waals surface area (Å²) < 4.78 is 2.37. The molecular weight excluding hydrogens is 352 g/mol. The summed E-state index contributed by atoms with van der Waals surface area (Å²) in [6, 6.07) is 27.6. The third kappa shape index (κ3) is 3.97. The monoisotopic (exact) mass is 380 g/mol. The highest BCUT2D eigenvalue weighted by Gasteiger charge is 2.20. The third-order valence-electron chi connectivity index (χ3n) is 5.41. The Bertz CT molecular complexity index is 1110. The molecule has 0 aliphatic heterocycles. The predicted octanol–water partition coefficient (Wildman–Crippen LogP) is 7.23. The normalized spacial score (nSPS) is 12.1. The molecular formula is C27H28N2. The number of aryl methyl sites for hydroxylation is 2. The van der Waals surface area contributed by atoms with Crippen LogP contribution in [0.3, 0.4) is 0 Å². The van der Waals surface area contributed by atoms with Crippen LogP contribution in [0.15, 0.2) is 91.6 Å². The Labute approximate surface area is 173 Å². The predicted molar refractivity (Wildman–Crippen MR) is 125 cm³/mol. The van der Waals surface area contributed by atoms with Crippen molar-refractivity contribution in [1.82, 2.24) is 4.57 Å². The standard InChI is InChI=1S/C27H28N2/c1-4-17-29-19-25(24-16-15-20(2)18-26(24)29)21(3)27(22-11-7-5-8-12-22)28-23-13-9-6-10-14-23/h5-16,18-19,27-28H,3-4,17H2,1-2H3. The number of nitrogens with one attached hydrogen (secondary N) is 1. The molecule has 1 N–H and O–H groups in total. The molecule has 1 unspecified atom stereocenters. The van der Waals surface area contributed by atoms with Gasteiger partial charge in [-0.25, -0.2) is 0 Å². The quantitative estimate of drug-likeness (QED) is 0.358. The Hall–Kier alpha value is -3.26. The van der Waals surface area contributed by atoms with E-state index in [0.29, 0.717) is 0 Å². The number of benzene rings is 3. The van der Waals surface area contributed by atoms with Gasteiger partial charge in [0.15, 0.2) is 0 Å². The summed E-state index contributed by atoms with van der Waals surface area (Å²) in [5.41, 5.74) is 7.18. The first kappa shape index (κ1) is 19.1. The van der Waals surface area contributed by atoms with Gasteiger partial charge in [0, 0.05) is 34.9 Å². The van der Waals surface area contributed by atoms with Gasteiger partial charge in [-0.2, -0.15) is 0 Å². The largest absolute Gasteiger partial charge is 0.374 e. The molecule has 29 heavy (non-hydrogen) atoms. The van der Waals surface area contributed by atoms with E-state index >= 15 is 0 Å². The van der Waals surface area contributed by atoms with E-state index in [9.17, 15) is 0 Å². The van der Waals surface area contributed by atoms with Gasteiger partial charge in [-0.1, -0.05) is 74.2 Å². The lowest BCUT2D eigenvalue weighted by molar-refractivity contribution is 0.702. The zero-order valence-electron chi connectivity index (χ0n) is 17.2. The van der Waals surface area contributed by atoms with E-state index in [1.807, 2.05) is 6.07 Å². The van der Waals surface area contributed by atoms with Crippen molar-refractivity contribution in [1.29, 1.82) is 0 Å². The molecule has 3 aromatic carbocycles. The topological polar surface area (TPSA) is 17.0 Å². The van der Waals surface area contributed by atoms with Crippen LogP contribution in [-0.4, -0.2) is 4.57 Å². The SMILES string of the molecule is C=C(c1cn(CCC)c2cc(C)ccc12)C(Nc1ccccc1)c1ccccc1. The van der Waals surface area contributed by atoms with E-state index in [4.69, 9.17) is 0 Å². The maximum Gasteiger partial charge on any atom is 0.0768 e. The molecule has 0 saturated carbocycles. The molecule has 0 saturated heterocycles. The van der Waals surface area contributed by atoms with Crippen LogP contribution in [0, 0.1) is 6.92 Å². The Morgan fingerprint density at radius 3 is 2.34 bits per heavy atom. The highest BCUT2D eigenvalue weighted by atomic mass is 15.0. The molecule has 1 aromatic heterocycles. The fourth-order valence-electron chi connectivity index (χ4n) is 3.96. The maximum absolute atomic E-state index is 4.57. The number of para-hydroxylation sites is 1. The summed E-state index contributed by atoms with van der Waals surface area (Å²) in [7, 11) is 0. The zero-order valence-corrected chi connectivity index (χ0v) is 17.2. The fourth-order valence-corrected chi connectivity index (χ4v) is 3.96. The minimum Gasteiger partial charge on any atom is -0.374 e. The fraction of sp³-hybridized carbons (Fsp3) is 0.185. The third-order valence-corrected chi connectivity index (χ3v) is 5.41. The molecule has 2 nitrogen and oxygen atoms in total. The van der Waals surface area contributed by atoms with Gasteiger partial charge in [0.1, 0.15) is 0 Å². The van der Waals surface area contributed by atoms with Crippen molar-refractivity contribution in [2.45, 2.75) is 32.9 Å². The van der Waals surface area contributed by atoms with Crippen LogP contribution < -0.4 is 5.32 Å². The first-order valence-electron chi connectivity index (χ1n) is 10.3. The van der Waals surface area contributed by atoms with Crippen molar-refractivity contribution in [3.8, 4) is 0 Å². The molecule has 4 aromatic rings. The van der Waals surface area contributed by atoms with E-state index in [1.165, 1.54) is 27.6 Å². The Balaban J connectivity index is 1.80. The molecule has 1 heterocycles. The lowest BCUT2D eigenvalue weighted by Crippen LogP contribution is -2.12. The molecule has 1 atom stereocenters. The van der Waals surface area contributed by atoms with Crippen molar-refractivity contribution in [3.05, 3.63) is 108 Å². The number of rotatable bonds is 7. The molecule has 2 heteroatoms. The van der Waals surface area contributed by atoms with Crippen LogP contribution in [0.4, 0.5) is 5.69 Å². The van der Waals surface area contributed by atoms with Crippen LogP contribution in [0.25, 0.3) is 16.5 Å². The van der Waals surface area contributed by atoms with Crippen molar-refractivity contribution in [2.24, 2.45) is 0 Å². The number of fused-ring (bicyclic) bond motifs is 1.